The number of thioether (sulfide) groups is 1. The van der Waals surface area contributed by atoms with Crippen LogP contribution in [-0.2, 0) is 10.2 Å². The molecular formula is C36H49F5O4S. The number of phenolic OH excluding ortho intramolecular Hbond substituents is 2. The summed E-state index contributed by atoms with van der Waals surface area (Å²) in [4.78, 5) is 14.4. The number of hydrogen-bond acceptors (Lipinski definition) is 4. The minimum Gasteiger partial charge on any atom is -0.508 e. The lowest BCUT2D eigenvalue weighted by Crippen LogP contribution is -2.49. The number of aromatic hydroxyl groups is 2. The van der Waals surface area contributed by atoms with Gasteiger partial charge in [0.2, 0.25) is 0 Å². The van der Waals surface area contributed by atoms with E-state index in [0.29, 0.717) is 12.2 Å². The molecule has 3 rings (SSSR count). The molecule has 10 heteroatoms. The number of rotatable bonds is 18. The maximum absolute atomic E-state index is 13.6. The van der Waals surface area contributed by atoms with E-state index in [4.69, 9.17) is 0 Å². The van der Waals surface area contributed by atoms with E-state index in [2.05, 4.69) is 13.8 Å². The van der Waals surface area contributed by atoms with Crippen LogP contribution in [0.25, 0.3) is 0 Å². The van der Waals surface area contributed by atoms with Crippen LogP contribution < -0.4 is 0 Å². The van der Waals surface area contributed by atoms with Crippen molar-refractivity contribution in [3.63, 3.8) is 0 Å². The van der Waals surface area contributed by atoms with Crippen LogP contribution in [0.15, 0.2) is 47.4 Å². The molecule has 0 aliphatic carbocycles. The van der Waals surface area contributed by atoms with Crippen molar-refractivity contribution in [1.29, 1.82) is 0 Å². The second-order valence-corrected chi connectivity index (χ2v) is 14.2. The lowest BCUT2D eigenvalue weighted by molar-refractivity contribution is -0.284. The number of carbonyl (C=O) groups is 1. The molecule has 1 aliphatic heterocycles. The zero-order valence-corrected chi connectivity index (χ0v) is 28.0. The summed E-state index contributed by atoms with van der Waals surface area (Å²) < 4.78 is 65.4. The highest BCUT2D eigenvalue weighted by molar-refractivity contribution is 7.99. The Morgan fingerprint density at radius 3 is 2.07 bits per heavy atom. The van der Waals surface area contributed by atoms with Crippen molar-refractivity contribution < 1.29 is 42.1 Å². The fourth-order valence-corrected chi connectivity index (χ4v) is 8.75. The van der Waals surface area contributed by atoms with Crippen LogP contribution >= 0.6 is 11.8 Å². The van der Waals surface area contributed by atoms with Crippen LogP contribution in [0.4, 0.5) is 22.0 Å². The highest BCUT2D eigenvalue weighted by Crippen LogP contribution is 2.60. The third-order valence-electron chi connectivity index (χ3n) is 10.1. The molecule has 0 aromatic heterocycles. The van der Waals surface area contributed by atoms with Crippen molar-refractivity contribution in [3.05, 3.63) is 53.6 Å². The van der Waals surface area contributed by atoms with Crippen LogP contribution in [0, 0.1) is 11.3 Å². The Labute approximate surface area is 274 Å². The Hall–Kier alpha value is -2.49. The number of carboxylic acids is 1. The van der Waals surface area contributed by atoms with Gasteiger partial charge in [0.05, 0.1) is 5.41 Å². The number of halogens is 5. The Morgan fingerprint density at radius 1 is 0.870 bits per heavy atom. The first-order valence-corrected chi connectivity index (χ1v) is 17.5. The number of hydrogen-bond donors (Lipinski definition) is 3. The lowest BCUT2D eigenvalue weighted by Gasteiger charge is -2.51. The lowest BCUT2D eigenvalue weighted by atomic mass is 9.54. The number of alkyl halides is 5. The van der Waals surface area contributed by atoms with E-state index in [9.17, 15) is 42.1 Å². The first-order valence-electron chi connectivity index (χ1n) is 16.6. The zero-order valence-electron chi connectivity index (χ0n) is 27.1. The summed E-state index contributed by atoms with van der Waals surface area (Å²) in [6, 6.07) is 12.2. The van der Waals surface area contributed by atoms with Gasteiger partial charge in [0.25, 0.3) is 0 Å². The Bertz CT molecular complexity index is 1270. The molecular weight excluding hydrogens is 623 g/mol. The molecule has 0 fully saturated rings. The van der Waals surface area contributed by atoms with E-state index < -0.39 is 41.2 Å². The molecule has 4 nitrogen and oxygen atoms in total. The molecule has 2 aromatic carbocycles. The van der Waals surface area contributed by atoms with Crippen molar-refractivity contribution in [3.8, 4) is 11.5 Å². The van der Waals surface area contributed by atoms with Gasteiger partial charge in [-0.2, -0.15) is 22.0 Å². The van der Waals surface area contributed by atoms with Crippen molar-refractivity contribution in [2.75, 3.05) is 5.75 Å². The predicted octanol–water partition coefficient (Wildman–Crippen LogP) is 11.2. The Balaban J connectivity index is 2.06. The van der Waals surface area contributed by atoms with Gasteiger partial charge in [0.15, 0.2) is 0 Å². The van der Waals surface area contributed by atoms with E-state index in [1.54, 1.807) is 36.0 Å². The highest BCUT2D eigenvalue weighted by Gasteiger charge is 2.57. The molecule has 46 heavy (non-hydrogen) atoms. The molecule has 2 aromatic rings. The van der Waals surface area contributed by atoms with Gasteiger partial charge >= 0.3 is 18.1 Å². The summed E-state index contributed by atoms with van der Waals surface area (Å²) in [6.07, 6.45) is 0.0764. The predicted molar refractivity (Wildman–Crippen MR) is 173 cm³/mol. The number of aliphatic carboxylic acids is 1. The summed E-state index contributed by atoms with van der Waals surface area (Å²) in [6.45, 7) is 6.08. The van der Waals surface area contributed by atoms with E-state index in [1.165, 1.54) is 0 Å². The van der Waals surface area contributed by atoms with Gasteiger partial charge in [0.1, 0.15) is 11.5 Å². The molecule has 1 aliphatic rings. The molecule has 0 spiro atoms. The van der Waals surface area contributed by atoms with E-state index in [-0.39, 0.29) is 49.5 Å². The fraction of sp³-hybridized carbons (Fsp3) is 0.639. The number of unbranched alkanes of at least 4 members (excludes halogenated alkanes) is 7. The average molecular weight is 673 g/mol. The van der Waals surface area contributed by atoms with E-state index in [1.807, 2.05) is 25.1 Å². The van der Waals surface area contributed by atoms with Crippen LogP contribution in [0.3, 0.4) is 0 Å². The number of carboxylic acid groups (broad SMARTS) is 1. The quantitative estimate of drug-likeness (QED) is 0.109. The average Bonchev–Trinajstić information content (AvgIpc) is 2.99. The second kappa shape index (κ2) is 16.1. The van der Waals surface area contributed by atoms with E-state index in [0.717, 1.165) is 54.5 Å². The number of fused-ring (bicyclic) bond motifs is 1. The first kappa shape index (κ1) is 38.0. The largest absolute Gasteiger partial charge is 0.508 e. The minimum absolute atomic E-state index is 0.0602. The van der Waals surface area contributed by atoms with Gasteiger partial charge in [-0.1, -0.05) is 90.3 Å². The molecule has 1 heterocycles. The molecule has 0 amide bonds. The second-order valence-electron chi connectivity index (χ2n) is 13.2. The SMILES string of the molecule is CCCCCCCCC(C1c2ccc(O)cc2SCC1(C)c1ccc(O)cc1)C(CC)(CCCCCC(F)(F)C(F)(F)F)C(=O)O. The normalized spacial score (nSPS) is 20.6. The summed E-state index contributed by atoms with van der Waals surface area (Å²) in [7, 11) is 0. The molecule has 4 unspecified atom stereocenters. The van der Waals surface area contributed by atoms with Gasteiger partial charge in [0, 0.05) is 22.5 Å². The minimum atomic E-state index is -5.61. The van der Waals surface area contributed by atoms with Crippen molar-refractivity contribution in [2.45, 2.75) is 133 Å². The van der Waals surface area contributed by atoms with Crippen LogP contribution in [0.2, 0.25) is 0 Å². The maximum Gasteiger partial charge on any atom is 0.453 e. The standard InChI is InChI=1S/C36H49F5O4S/c1-4-6-7-8-9-11-14-29(34(5-2,32(44)45)21-12-10-13-22-35(37,38)36(39,40)41)31-28-20-19-27(43)23-30(28)46-24-33(31,3)25-15-17-26(42)18-16-25/h15-20,23,29,31,42-43H,4-14,21-22,24H2,1-3H3,(H,44,45). The van der Waals surface area contributed by atoms with E-state index >= 15 is 0 Å². The maximum atomic E-state index is 13.6. The van der Waals surface area contributed by atoms with Crippen molar-refractivity contribution >= 4 is 17.7 Å². The molecule has 0 radical (unpaired) electrons. The molecule has 0 saturated heterocycles. The first-order chi connectivity index (χ1) is 21.6. The number of phenols is 2. The van der Waals surface area contributed by atoms with Gasteiger partial charge in [-0.15, -0.1) is 11.8 Å². The molecule has 0 bridgehead atoms. The van der Waals surface area contributed by atoms with Gasteiger partial charge < -0.3 is 15.3 Å². The molecule has 3 N–H and O–H groups in total. The molecule has 0 saturated carbocycles. The summed E-state index contributed by atoms with van der Waals surface area (Å²) in [5.74, 6) is -5.65. The van der Waals surface area contributed by atoms with Crippen molar-refractivity contribution in [2.24, 2.45) is 11.3 Å². The summed E-state index contributed by atoms with van der Waals surface area (Å²) in [5, 5.41) is 31.4. The third kappa shape index (κ3) is 8.70. The Morgan fingerprint density at radius 2 is 1.46 bits per heavy atom. The van der Waals surface area contributed by atoms with Crippen molar-refractivity contribution in [1.82, 2.24) is 0 Å². The zero-order chi connectivity index (χ0) is 34.2. The van der Waals surface area contributed by atoms with Crippen LogP contribution in [-0.4, -0.2) is 39.1 Å². The van der Waals surface area contributed by atoms with Crippen LogP contribution in [0.5, 0.6) is 11.5 Å². The number of benzene rings is 2. The smallest absolute Gasteiger partial charge is 0.453 e. The topological polar surface area (TPSA) is 77.8 Å². The molecule has 258 valence electrons. The summed E-state index contributed by atoms with van der Waals surface area (Å²) >= 11 is 1.59. The fourth-order valence-electron chi connectivity index (χ4n) is 7.39. The Kier molecular flexibility index (Phi) is 13.3. The van der Waals surface area contributed by atoms with Gasteiger partial charge in [-0.05, 0) is 72.9 Å². The van der Waals surface area contributed by atoms with Gasteiger partial charge in [-0.3, -0.25) is 4.79 Å². The van der Waals surface area contributed by atoms with Gasteiger partial charge in [-0.25, -0.2) is 0 Å². The molecule has 4 atom stereocenters. The van der Waals surface area contributed by atoms with Crippen LogP contribution in [0.1, 0.15) is 121 Å². The third-order valence-corrected chi connectivity index (χ3v) is 11.5. The highest BCUT2D eigenvalue weighted by atomic mass is 32.2. The summed E-state index contributed by atoms with van der Waals surface area (Å²) in [5.41, 5.74) is 0.0410. The monoisotopic (exact) mass is 672 g/mol.